The Hall–Kier alpha value is -1.10. The summed E-state index contributed by atoms with van der Waals surface area (Å²) in [4.78, 5) is 22.5. The minimum Gasteiger partial charge on any atom is -0.478 e. The molecule has 2 N–H and O–H groups in total. The van der Waals surface area contributed by atoms with Gasteiger partial charge in [-0.15, -0.1) is 0 Å². The number of carboxylic acid groups (broad SMARTS) is 2. The molecule has 5 heteroatoms. The Morgan fingerprint density at radius 1 is 0.938 bits per heavy atom. The van der Waals surface area contributed by atoms with Crippen LogP contribution in [0, 0.1) is 5.41 Å². The maximum atomic E-state index is 11.3. The lowest BCUT2D eigenvalue weighted by Gasteiger charge is -2.27. The van der Waals surface area contributed by atoms with Gasteiger partial charge in [-0.3, -0.25) is 0 Å². The first kappa shape index (κ1) is 14.9. The zero-order chi connectivity index (χ0) is 13.3. The lowest BCUT2D eigenvalue weighted by Crippen LogP contribution is -2.36. The van der Waals surface area contributed by atoms with Crippen LogP contribution in [0.4, 0.5) is 0 Å². The summed E-state index contributed by atoms with van der Waals surface area (Å²) in [6, 6.07) is 0. The number of carboxylic acids is 2. The van der Waals surface area contributed by atoms with E-state index in [-0.39, 0.29) is 10.8 Å². The van der Waals surface area contributed by atoms with E-state index in [1.165, 1.54) is 0 Å². The van der Waals surface area contributed by atoms with Gasteiger partial charge in [0.05, 0.1) is 8.07 Å². The third-order valence-electron chi connectivity index (χ3n) is 2.18. The topological polar surface area (TPSA) is 74.6 Å². The van der Waals surface area contributed by atoms with E-state index < -0.39 is 25.4 Å². The second-order valence-electron chi connectivity index (χ2n) is 5.86. The van der Waals surface area contributed by atoms with E-state index in [0.29, 0.717) is 0 Å². The van der Waals surface area contributed by atoms with Gasteiger partial charge in [-0.25, -0.2) is 9.59 Å². The highest BCUT2D eigenvalue weighted by atomic mass is 28.3. The fraction of sp³-hybridized carbons (Fsp3) is 0.636. The SMILES string of the molecule is CC(C)(C)/C(C(=O)O)=C(\C(=O)O)[Si](C)(C)C. The summed E-state index contributed by atoms with van der Waals surface area (Å²) in [6.07, 6.45) is 0. The summed E-state index contributed by atoms with van der Waals surface area (Å²) in [6.45, 7) is 10.7. The van der Waals surface area contributed by atoms with Crippen LogP contribution >= 0.6 is 0 Å². The van der Waals surface area contributed by atoms with E-state index in [1.54, 1.807) is 20.8 Å². The molecule has 0 amide bonds. The summed E-state index contributed by atoms with van der Waals surface area (Å²) >= 11 is 0. The minimum atomic E-state index is -2.19. The lowest BCUT2D eigenvalue weighted by molar-refractivity contribution is -0.136. The van der Waals surface area contributed by atoms with Gasteiger partial charge in [-0.05, 0) is 5.41 Å². The third kappa shape index (κ3) is 3.48. The molecule has 0 rings (SSSR count). The Kier molecular flexibility index (Phi) is 4.10. The molecule has 16 heavy (non-hydrogen) atoms. The first-order valence-electron chi connectivity index (χ1n) is 5.11. The Balaban J connectivity index is 6.09. The maximum Gasteiger partial charge on any atom is 0.332 e. The van der Waals surface area contributed by atoms with Crippen molar-refractivity contribution in [1.82, 2.24) is 0 Å². The highest BCUT2D eigenvalue weighted by molar-refractivity contribution is 6.87. The second-order valence-corrected chi connectivity index (χ2v) is 10.9. The number of hydrogen-bond acceptors (Lipinski definition) is 2. The second kappa shape index (κ2) is 4.41. The van der Waals surface area contributed by atoms with E-state index in [1.807, 2.05) is 19.6 Å². The summed E-state index contributed by atoms with van der Waals surface area (Å²) in [5.41, 5.74) is -0.640. The molecule has 0 aromatic rings. The average Bonchev–Trinajstić information content (AvgIpc) is 1.92. The van der Waals surface area contributed by atoms with Crippen LogP contribution in [0.2, 0.25) is 19.6 Å². The number of hydrogen-bond donors (Lipinski definition) is 2. The fourth-order valence-electron chi connectivity index (χ4n) is 1.61. The van der Waals surface area contributed by atoms with Crippen molar-refractivity contribution < 1.29 is 19.8 Å². The minimum absolute atomic E-state index is 0.0270. The van der Waals surface area contributed by atoms with Crippen LogP contribution in [0.25, 0.3) is 0 Å². The smallest absolute Gasteiger partial charge is 0.332 e. The Morgan fingerprint density at radius 3 is 1.38 bits per heavy atom. The zero-order valence-electron chi connectivity index (χ0n) is 10.7. The molecule has 0 fully saturated rings. The lowest BCUT2D eigenvalue weighted by atomic mass is 9.86. The molecule has 0 heterocycles. The zero-order valence-corrected chi connectivity index (χ0v) is 11.7. The van der Waals surface area contributed by atoms with Crippen molar-refractivity contribution in [3.8, 4) is 0 Å². The molecule has 0 saturated carbocycles. The van der Waals surface area contributed by atoms with E-state index in [4.69, 9.17) is 0 Å². The highest BCUT2D eigenvalue weighted by Crippen LogP contribution is 2.32. The average molecular weight is 244 g/mol. The van der Waals surface area contributed by atoms with E-state index in [0.717, 1.165) is 0 Å². The molecule has 0 aromatic heterocycles. The molecule has 0 aliphatic carbocycles. The van der Waals surface area contributed by atoms with Gasteiger partial charge in [-0.2, -0.15) is 0 Å². The molecule has 0 aromatic carbocycles. The maximum absolute atomic E-state index is 11.3. The fourth-order valence-corrected chi connectivity index (χ4v) is 3.48. The Morgan fingerprint density at radius 2 is 1.31 bits per heavy atom. The highest BCUT2D eigenvalue weighted by Gasteiger charge is 2.37. The van der Waals surface area contributed by atoms with Crippen LogP contribution in [0.3, 0.4) is 0 Å². The van der Waals surface area contributed by atoms with Gasteiger partial charge in [0.15, 0.2) is 0 Å². The van der Waals surface area contributed by atoms with Crippen molar-refractivity contribution in [3.05, 3.63) is 10.8 Å². The van der Waals surface area contributed by atoms with Crippen molar-refractivity contribution in [3.63, 3.8) is 0 Å². The van der Waals surface area contributed by atoms with Crippen LogP contribution in [-0.2, 0) is 9.59 Å². The molecule has 4 nitrogen and oxygen atoms in total. The monoisotopic (exact) mass is 244 g/mol. The van der Waals surface area contributed by atoms with Crippen molar-refractivity contribution in [1.29, 1.82) is 0 Å². The largest absolute Gasteiger partial charge is 0.478 e. The quantitative estimate of drug-likeness (QED) is 0.590. The molecular weight excluding hydrogens is 224 g/mol. The molecule has 0 bridgehead atoms. The van der Waals surface area contributed by atoms with Gasteiger partial charge in [0.2, 0.25) is 0 Å². The summed E-state index contributed by atoms with van der Waals surface area (Å²) in [5, 5.41) is 18.5. The standard InChI is InChI=1S/C11H20O4Si/c1-11(2,3)7(9(12)13)8(10(14)15)16(4,5)6/h1-6H3,(H,12,13)(H,14,15)/b8-7+. The molecule has 92 valence electrons. The van der Waals surface area contributed by atoms with Gasteiger partial charge in [-0.1, -0.05) is 40.4 Å². The number of carbonyl (C=O) groups is 2. The van der Waals surface area contributed by atoms with Gasteiger partial charge >= 0.3 is 11.9 Å². The van der Waals surface area contributed by atoms with Crippen LogP contribution in [0.15, 0.2) is 10.8 Å². The third-order valence-corrected chi connectivity index (χ3v) is 4.14. The molecule has 0 aliphatic heterocycles. The predicted octanol–water partition coefficient (Wildman–Crippen LogP) is 2.38. The van der Waals surface area contributed by atoms with Crippen LogP contribution in [-0.4, -0.2) is 30.2 Å². The normalized spacial score (nSPS) is 14.4. The molecule has 0 atom stereocenters. The predicted molar refractivity (Wildman–Crippen MR) is 65.1 cm³/mol. The van der Waals surface area contributed by atoms with Crippen molar-refractivity contribution in [2.75, 3.05) is 0 Å². The Bertz CT molecular complexity index is 308. The van der Waals surface area contributed by atoms with Gasteiger partial charge in [0.25, 0.3) is 0 Å². The van der Waals surface area contributed by atoms with E-state index in [9.17, 15) is 19.8 Å². The van der Waals surface area contributed by atoms with Gasteiger partial charge in [0, 0.05) is 10.8 Å². The van der Waals surface area contributed by atoms with Crippen molar-refractivity contribution >= 4 is 20.0 Å². The molecule has 0 radical (unpaired) electrons. The Labute approximate surface area is 97.0 Å². The first-order chi connectivity index (χ1) is 6.89. The summed E-state index contributed by atoms with van der Waals surface area (Å²) in [5.74, 6) is -2.24. The molecule has 0 spiro atoms. The summed E-state index contributed by atoms with van der Waals surface area (Å²) in [7, 11) is -2.19. The van der Waals surface area contributed by atoms with Crippen molar-refractivity contribution in [2.45, 2.75) is 40.4 Å². The molecular formula is C11H20O4Si. The van der Waals surface area contributed by atoms with Gasteiger partial charge < -0.3 is 10.2 Å². The van der Waals surface area contributed by atoms with Crippen LogP contribution in [0.5, 0.6) is 0 Å². The summed E-state index contributed by atoms with van der Waals surface area (Å²) < 4.78 is 0. The molecule has 0 saturated heterocycles. The van der Waals surface area contributed by atoms with Crippen LogP contribution in [0.1, 0.15) is 20.8 Å². The molecule has 0 unspecified atom stereocenters. The van der Waals surface area contributed by atoms with Gasteiger partial charge in [0.1, 0.15) is 0 Å². The first-order valence-corrected chi connectivity index (χ1v) is 8.61. The van der Waals surface area contributed by atoms with E-state index in [2.05, 4.69) is 0 Å². The molecule has 0 aliphatic rings. The van der Waals surface area contributed by atoms with E-state index >= 15 is 0 Å². The number of aliphatic carboxylic acids is 2. The van der Waals surface area contributed by atoms with Crippen molar-refractivity contribution in [2.24, 2.45) is 5.41 Å². The van der Waals surface area contributed by atoms with Crippen LogP contribution < -0.4 is 0 Å². The number of rotatable bonds is 3.